The fraction of sp³-hybridized carbons (Fsp3) is 0.323. The average molecular weight is 508 g/mol. The van der Waals surface area contributed by atoms with Crippen molar-refractivity contribution in [2.75, 3.05) is 32.7 Å². The maximum absolute atomic E-state index is 13.7. The minimum Gasteiger partial charge on any atom is -0.493 e. The van der Waals surface area contributed by atoms with Gasteiger partial charge in [-0.3, -0.25) is 9.79 Å². The lowest BCUT2D eigenvalue weighted by atomic mass is 9.98. The molecular weight excluding hydrogens is 474 g/mol. The summed E-state index contributed by atoms with van der Waals surface area (Å²) in [5, 5.41) is 23.5. The van der Waals surface area contributed by atoms with Gasteiger partial charge in [0.15, 0.2) is 5.43 Å². The Morgan fingerprint density at radius 2 is 1.61 bits per heavy atom. The van der Waals surface area contributed by atoms with Gasteiger partial charge in [-0.15, -0.1) is 0 Å². The van der Waals surface area contributed by atoms with Gasteiger partial charge in [-0.05, 0) is 43.6 Å². The van der Waals surface area contributed by atoms with Gasteiger partial charge in [0.1, 0.15) is 5.52 Å². The minimum atomic E-state index is -0.0676. The van der Waals surface area contributed by atoms with E-state index in [-0.39, 0.29) is 11.3 Å². The van der Waals surface area contributed by atoms with Crippen LogP contribution in [-0.4, -0.2) is 52.5 Å². The summed E-state index contributed by atoms with van der Waals surface area (Å²) < 4.78 is 1.70. The molecule has 2 heterocycles. The Hall–Kier alpha value is -3.81. The van der Waals surface area contributed by atoms with Gasteiger partial charge in [0.25, 0.3) is 0 Å². The van der Waals surface area contributed by atoms with E-state index < -0.39 is 0 Å². The molecule has 1 aromatic heterocycles. The number of aromatic nitrogens is 2. The van der Waals surface area contributed by atoms with Gasteiger partial charge in [-0.25, -0.2) is 4.68 Å². The summed E-state index contributed by atoms with van der Waals surface area (Å²) in [5.74, 6) is 0.102. The third-order valence-corrected chi connectivity index (χ3v) is 7.60. The monoisotopic (exact) mass is 507 g/mol. The molecule has 0 unspecified atom stereocenters. The highest BCUT2D eigenvalue weighted by Gasteiger charge is 2.19. The number of hydrogen-bond acceptors (Lipinski definition) is 6. The van der Waals surface area contributed by atoms with E-state index in [1.165, 1.54) is 24.8 Å². The van der Waals surface area contributed by atoms with Crippen molar-refractivity contribution in [2.24, 2.45) is 4.99 Å². The Balaban J connectivity index is 1.38. The number of aromatic hydroxyl groups is 1. The van der Waals surface area contributed by atoms with Crippen molar-refractivity contribution in [3.05, 3.63) is 87.9 Å². The number of hydrogen-bond donors (Lipinski definition) is 2. The summed E-state index contributed by atoms with van der Waals surface area (Å²) in [6, 6.07) is 21.6. The molecule has 0 radical (unpaired) electrons. The molecule has 7 heteroatoms. The van der Waals surface area contributed by atoms with Crippen LogP contribution in [0.5, 0.6) is 5.88 Å². The quantitative estimate of drug-likeness (QED) is 0.188. The fourth-order valence-electron chi connectivity index (χ4n) is 5.61. The first kappa shape index (κ1) is 24.5. The molecule has 0 atom stereocenters. The largest absolute Gasteiger partial charge is 0.493 e. The first-order chi connectivity index (χ1) is 18.7. The summed E-state index contributed by atoms with van der Waals surface area (Å²) in [7, 11) is 0. The molecule has 1 aliphatic rings. The Morgan fingerprint density at radius 3 is 2.42 bits per heavy atom. The summed E-state index contributed by atoms with van der Waals surface area (Å²) in [4.78, 5) is 21.0. The SMILES string of the molecule is O=c1c2ccccc2c2nn(CCN3CCCCC3)c(O)c3ccc(=NCCNCc4ccccc4)c1c32. The van der Waals surface area contributed by atoms with Crippen molar-refractivity contribution in [1.82, 2.24) is 20.0 Å². The number of benzene rings is 4. The highest BCUT2D eigenvalue weighted by Crippen LogP contribution is 2.32. The summed E-state index contributed by atoms with van der Waals surface area (Å²) in [6.07, 6.45) is 3.73. The van der Waals surface area contributed by atoms with E-state index in [1.807, 2.05) is 54.6 Å². The second kappa shape index (κ2) is 10.9. The van der Waals surface area contributed by atoms with Crippen LogP contribution in [0, 0.1) is 0 Å². The van der Waals surface area contributed by atoms with Gasteiger partial charge in [-0.2, -0.15) is 5.10 Å². The van der Waals surface area contributed by atoms with Gasteiger partial charge in [0, 0.05) is 41.2 Å². The second-order valence-electron chi connectivity index (χ2n) is 10.1. The third-order valence-electron chi connectivity index (χ3n) is 7.60. The molecule has 38 heavy (non-hydrogen) atoms. The minimum absolute atomic E-state index is 0.0676. The molecule has 0 aliphatic carbocycles. The van der Waals surface area contributed by atoms with E-state index >= 15 is 0 Å². The van der Waals surface area contributed by atoms with Crippen molar-refractivity contribution in [3.63, 3.8) is 0 Å². The maximum Gasteiger partial charge on any atom is 0.215 e. The zero-order valence-electron chi connectivity index (χ0n) is 21.6. The van der Waals surface area contributed by atoms with Gasteiger partial charge in [-0.1, -0.05) is 61.0 Å². The van der Waals surface area contributed by atoms with Gasteiger partial charge >= 0.3 is 0 Å². The highest BCUT2D eigenvalue weighted by atomic mass is 16.3. The summed E-state index contributed by atoms with van der Waals surface area (Å²) in [5.41, 5.74) is 1.89. The molecule has 6 rings (SSSR count). The van der Waals surface area contributed by atoms with Crippen LogP contribution in [0.1, 0.15) is 24.8 Å². The smallest absolute Gasteiger partial charge is 0.215 e. The zero-order valence-corrected chi connectivity index (χ0v) is 21.6. The standard InChI is InChI=1S/C31H33N5O2/c37-30-24-12-6-5-11-23(24)29-27-25(31(38)36(34-29)20-19-35-17-7-2-8-18-35)13-14-26(28(27)30)33-16-15-32-21-22-9-3-1-4-10-22/h1,3-6,9-14,32,38H,2,7-8,15-21H2. The summed E-state index contributed by atoms with van der Waals surface area (Å²) >= 11 is 0. The average Bonchev–Trinajstić information content (AvgIpc) is 2.97. The second-order valence-corrected chi connectivity index (χ2v) is 10.1. The van der Waals surface area contributed by atoms with Crippen LogP contribution < -0.4 is 16.1 Å². The topological polar surface area (TPSA) is 82.8 Å². The van der Waals surface area contributed by atoms with E-state index in [0.717, 1.165) is 37.1 Å². The molecule has 1 fully saturated rings. The number of rotatable bonds is 8. The lowest BCUT2D eigenvalue weighted by Gasteiger charge is -2.26. The van der Waals surface area contributed by atoms with Crippen molar-refractivity contribution >= 4 is 32.4 Å². The molecule has 194 valence electrons. The van der Waals surface area contributed by atoms with Crippen molar-refractivity contribution < 1.29 is 5.11 Å². The van der Waals surface area contributed by atoms with Crippen LogP contribution >= 0.6 is 0 Å². The normalized spacial score (nSPS) is 15.2. The van der Waals surface area contributed by atoms with Crippen LogP contribution in [0.25, 0.3) is 32.4 Å². The Morgan fingerprint density at radius 1 is 0.842 bits per heavy atom. The maximum atomic E-state index is 13.7. The number of fused-ring (bicyclic) bond motifs is 2. The van der Waals surface area contributed by atoms with Gasteiger partial charge in [0.05, 0.1) is 23.8 Å². The van der Waals surface area contributed by atoms with Crippen LogP contribution in [0.3, 0.4) is 0 Å². The van der Waals surface area contributed by atoms with E-state index in [9.17, 15) is 9.90 Å². The van der Waals surface area contributed by atoms with E-state index in [4.69, 9.17) is 10.1 Å². The predicted octanol–water partition coefficient (Wildman–Crippen LogP) is 4.02. The van der Waals surface area contributed by atoms with Crippen LogP contribution in [0.2, 0.25) is 0 Å². The first-order valence-corrected chi connectivity index (χ1v) is 13.6. The molecule has 1 saturated heterocycles. The fourth-order valence-corrected chi connectivity index (χ4v) is 5.61. The number of likely N-dealkylation sites (tertiary alicyclic amines) is 1. The molecule has 2 N–H and O–H groups in total. The van der Waals surface area contributed by atoms with Crippen molar-refractivity contribution in [2.45, 2.75) is 32.4 Å². The molecule has 4 aromatic carbocycles. The van der Waals surface area contributed by atoms with Crippen molar-refractivity contribution in [3.8, 4) is 5.88 Å². The Bertz CT molecular complexity index is 1690. The van der Waals surface area contributed by atoms with E-state index in [1.54, 1.807) is 4.68 Å². The molecule has 0 amide bonds. The Labute approximate surface area is 221 Å². The first-order valence-electron chi connectivity index (χ1n) is 13.6. The molecule has 0 saturated carbocycles. The predicted molar refractivity (Wildman–Crippen MR) is 153 cm³/mol. The lowest BCUT2D eigenvalue weighted by molar-refractivity contribution is 0.214. The third kappa shape index (κ3) is 4.75. The van der Waals surface area contributed by atoms with Crippen molar-refractivity contribution in [1.29, 1.82) is 0 Å². The van der Waals surface area contributed by atoms with E-state index in [0.29, 0.717) is 46.5 Å². The molecule has 0 bridgehead atoms. The van der Waals surface area contributed by atoms with Crippen LogP contribution in [-0.2, 0) is 13.1 Å². The molecule has 5 aromatic rings. The number of nitrogens with zero attached hydrogens (tertiary/aromatic N) is 4. The van der Waals surface area contributed by atoms with E-state index in [2.05, 4.69) is 22.3 Å². The summed E-state index contributed by atoms with van der Waals surface area (Å²) in [6.45, 7) is 5.62. The number of piperidine rings is 1. The molecule has 1 aliphatic heterocycles. The molecule has 7 nitrogen and oxygen atoms in total. The number of nitrogens with one attached hydrogen (secondary N) is 1. The van der Waals surface area contributed by atoms with Crippen LogP contribution in [0.4, 0.5) is 0 Å². The Kier molecular flexibility index (Phi) is 7.03. The van der Waals surface area contributed by atoms with Crippen LogP contribution in [0.15, 0.2) is 76.5 Å². The molecule has 0 spiro atoms. The highest BCUT2D eigenvalue weighted by molar-refractivity contribution is 6.20. The van der Waals surface area contributed by atoms with Gasteiger partial charge in [0.2, 0.25) is 5.88 Å². The van der Waals surface area contributed by atoms with Gasteiger partial charge < -0.3 is 15.3 Å². The zero-order chi connectivity index (χ0) is 25.9. The molecular formula is C31H33N5O2. The lowest BCUT2D eigenvalue weighted by Crippen LogP contribution is -2.33.